The van der Waals surface area contributed by atoms with Gasteiger partial charge in [0.05, 0.1) is 5.75 Å². The molecule has 128 valence electrons. The molecule has 1 N–H and O–H groups in total. The molecular weight excluding hydrogens is 316 g/mol. The maximum Gasteiger partial charge on any atom is 0.249 e. The molecule has 0 saturated carbocycles. The van der Waals surface area contributed by atoms with E-state index in [2.05, 4.69) is 5.32 Å². The zero-order chi connectivity index (χ0) is 16.9. The zero-order valence-electron chi connectivity index (χ0n) is 13.6. The van der Waals surface area contributed by atoms with Crippen LogP contribution in [0.4, 0.5) is 0 Å². The van der Waals surface area contributed by atoms with Crippen LogP contribution in [0.5, 0.6) is 0 Å². The monoisotopic (exact) mass is 340 g/mol. The lowest BCUT2D eigenvalue weighted by Crippen LogP contribution is -2.48. The van der Waals surface area contributed by atoms with Crippen LogP contribution >= 0.6 is 0 Å². The number of hydrogen-bond donors (Lipinski definition) is 1. The van der Waals surface area contributed by atoms with Crippen molar-refractivity contribution in [3.63, 3.8) is 0 Å². The summed E-state index contributed by atoms with van der Waals surface area (Å²) in [7, 11) is -1.82. The third-order valence-corrected chi connectivity index (χ3v) is 5.96. The Morgan fingerprint density at radius 2 is 1.91 bits per heavy atom. The van der Waals surface area contributed by atoms with Crippen molar-refractivity contribution in [1.29, 1.82) is 0 Å². The summed E-state index contributed by atoms with van der Waals surface area (Å²) in [5, 5.41) is 2.91. The quantitative estimate of drug-likeness (QED) is 0.842. The standard InChI is InChI=1S/C16H24N2O4S/c1-13(22-2)16(19)17-15-8-10-18(11-9-15)23(20,21)12-14-6-4-3-5-7-14/h3-7,13,15H,8-12H2,1-2H3,(H,17,19)/t13-/m1/s1. The number of nitrogens with zero attached hydrogens (tertiary/aromatic N) is 1. The molecule has 1 aromatic carbocycles. The van der Waals surface area contributed by atoms with Crippen LogP contribution in [-0.2, 0) is 25.3 Å². The van der Waals surface area contributed by atoms with E-state index >= 15 is 0 Å². The summed E-state index contributed by atoms with van der Waals surface area (Å²) in [6.45, 7) is 2.55. The van der Waals surface area contributed by atoms with Gasteiger partial charge in [0.2, 0.25) is 15.9 Å². The maximum absolute atomic E-state index is 12.5. The van der Waals surface area contributed by atoms with Crippen LogP contribution in [0.2, 0.25) is 0 Å². The average molecular weight is 340 g/mol. The fourth-order valence-electron chi connectivity index (χ4n) is 2.58. The van der Waals surface area contributed by atoms with Gasteiger partial charge in [-0.1, -0.05) is 30.3 Å². The van der Waals surface area contributed by atoms with Gasteiger partial charge in [-0.25, -0.2) is 12.7 Å². The van der Waals surface area contributed by atoms with E-state index in [9.17, 15) is 13.2 Å². The molecule has 0 radical (unpaired) electrons. The van der Waals surface area contributed by atoms with Crippen molar-refractivity contribution in [1.82, 2.24) is 9.62 Å². The minimum absolute atomic E-state index is 0.00303. The Balaban J connectivity index is 1.87. The van der Waals surface area contributed by atoms with Crippen LogP contribution in [0.3, 0.4) is 0 Å². The number of benzene rings is 1. The van der Waals surface area contributed by atoms with E-state index in [4.69, 9.17) is 4.74 Å². The first-order valence-electron chi connectivity index (χ1n) is 7.77. The second kappa shape index (κ2) is 7.90. The summed E-state index contributed by atoms with van der Waals surface area (Å²) in [5.41, 5.74) is 0.789. The SMILES string of the molecule is CO[C@H](C)C(=O)NC1CCN(S(=O)(=O)Cc2ccccc2)CC1. The van der Waals surface area contributed by atoms with E-state index in [1.54, 1.807) is 6.92 Å². The van der Waals surface area contributed by atoms with E-state index in [0.29, 0.717) is 25.9 Å². The van der Waals surface area contributed by atoms with Crippen molar-refractivity contribution in [3.8, 4) is 0 Å². The first-order valence-corrected chi connectivity index (χ1v) is 9.38. The second-order valence-corrected chi connectivity index (χ2v) is 7.77. The molecule has 1 aliphatic heterocycles. The lowest BCUT2D eigenvalue weighted by Gasteiger charge is -2.32. The minimum atomic E-state index is -3.31. The third-order valence-electron chi connectivity index (χ3n) is 4.11. The van der Waals surface area contributed by atoms with Crippen LogP contribution in [0.1, 0.15) is 25.3 Å². The molecule has 0 aromatic heterocycles. The van der Waals surface area contributed by atoms with Gasteiger partial charge in [-0.2, -0.15) is 0 Å². The normalized spacial score (nSPS) is 18.5. The average Bonchev–Trinajstić information content (AvgIpc) is 2.55. The highest BCUT2D eigenvalue weighted by Crippen LogP contribution is 2.17. The molecule has 7 heteroatoms. The molecule has 6 nitrogen and oxygen atoms in total. The zero-order valence-corrected chi connectivity index (χ0v) is 14.4. The lowest BCUT2D eigenvalue weighted by atomic mass is 10.1. The van der Waals surface area contributed by atoms with Crippen LogP contribution in [-0.4, -0.2) is 51.0 Å². The lowest BCUT2D eigenvalue weighted by molar-refractivity contribution is -0.131. The molecule has 0 spiro atoms. The summed E-state index contributed by atoms with van der Waals surface area (Å²) in [6, 6.07) is 9.18. The number of nitrogens with one attached hydrogen (secondary N) is 1. The third kappa shape index (κ3) is 5.02. The van der Waals surface area contributed by atoms with Crippen molar-refractivity contribution in [2.75, 3.05) is 20.2 Å². The summed E-state index contributed by atoms with van der Waals surface area (Å²) in [5.74, 6) is -0.135. The van der Waals surface area contributed by atoms with Gasteiger partial charge in [-0.05, 0) is 25.3 Å². The van der Waals surface area contributed by atoms with Crippen LogP contribution < -0.4 is 5.32 Å². The van der Waals surface area contributed by atoms with Crippen LogP contribution in [0.25, 0.3) is 0 Å². The molecule has 1 fully saturated rings. The molecule has 1 aliphatic rings. The smallest absolute Gasteiger partial charge is 0.249 e. The molecule has 2 rings (SSSR count). The molecule has 23 heavy (non-hydrogen) atoms. The Labute approximate surface area is 137 Å². The molecule has 0 aliphatic carbocycles. The second-order valence-electron chi connectivity index (χ2n) is 5.80. The van der Waals surface area contributed by atoms with Crippen LogP contribution in [0, 0.1) is 0 Å². The molecule has 0 unspecified atom stereocenters. The van der Waals surface area contributed by atoms with Gasteiger partial charge >= 0.3 is 0 Å². The van der Waals surface area contributed by atoms with E-state index < -0.39 is 16.1 Å². The number of carbonyl (C=O) groups excluding carboxylic acids is 1. The predicted octanol–water partition coefficient (Wildman–Crippen LogP) is 1.13. The number of ether oxygens (including phenoxy) is 1. The number of rotatable bonds is 6. The fraction of sp³-hybridized carbons (Fsp3) is 0.562. The van der Waals surface area contributed by atoms with Crippen molar-refractivity contribution in [3.05, 3.63) is 35.9 Å². The Morgan fingerprint density at radius 3 is 2.48 bits per heavy atom. The molecule has 0 bridgehead atoms. The van der Waals surface area contributed by atoms with Crippen molar-refractivity contribution in [2.24, 2.45) is 0 Å². The fourth-order valence-corrected chi connectivity index (χ4v) is 4.14. The summed E-state index contributed by atoms with van der Waals surface area (Å²) >= 11 is 0. The maximum atomic E-state index is 12.5. The first-order chi connectivity index (χ1) is 10.9. The summed E-state index contributed by atoms with van der Waals surface area (Å²) < 4.78 is 31.4. The Bertz CT molecular complexity index is 610. The largest absolute Gasteiger partial charge is 0.372 e. The Kier molecular flexibility index (Phi) is 6.15. The van der Waals surface area contributed by atoms with Crippen LogP contribution in [0.15, 0.2) is 30.3 Å². The molecule has 1 atom stereocenters. The van der Waals surface area contributed by atoms with Crippen molar-refractivity contribution < 1.29 is 17.9 Å². The number of methoxy groups -OCH3 is 1. The number of carbonyl (C=O) groups is 1. The minimum Gasteiger partial charge on any atom is -0.372 e. The van der Waals surface area contributed by atoms with Crippen molar-refractivity contribution >= 4 is 15.9 Å². The number of amides is 1. The van der Waals surface area contributed by atoms with E-state index in [1.807, 2.05) is 30.3 Å². The number of piperidine rings is 1. The number of sulfonamides is 1. The summed E-state index contributed by atoms with van der Waals surface area (Å²) in [6.07, 6.45) is 0.752. The van der Waals surface area contributed by atoms with Gasteiger partial charge < -0.3 is 10.1 Å². The van der Waals surface area contributed by atoms with Gasteiger partial charge in [0.25, 0.3) is 0 Å². The number of hydrogen-bond acceptors (Lipinski definition) is 4. The van der Waals surface area contributed by atoms with Gasteiger partial charge in [-0.3, -0.25) is 4.79 Å². The highest BCUT2D eigenvalue weighted by Gasteiger charge is 2.29. The first kappa shape index (κ1) is 17.9. The highest BCUT2D eigenvalue weighted by molar-refractivity contribution is 7.88. The highest BCUT2D eigenvalue weighted by atomic mass is 32.2. The van der Waals surface area contributed by atoms with E-state index in [0.717, 1.165) is 5.56 Å². The van der Waals surface area contributed by atoms with Gasteiger partial charge in [0, 0.05) is 26.2 Å². The molecule has 1 aromatic rings. The topological polar surface area (TPSA) is 75.7 Å². The van der Waals surface area contributed by atoms with E-state index in [-0.39, 0.29) is 17.7 Å². The molecule has 1 saturated heterocycles. The summed E-state index contributed by atoms with van der Waals surface area (Å²) in [4.78, 5) is 11.8. The molecular formula is C16H24N2O4S. The Morgan fingerprint density at radius 1 is 1.30 bits per heavy atom. The molecule has 1 heterocycles. The van der Waals surface area contributed by atoms with Gasteiger partial charge in [0.1, 0.15) is 6.10 Å². The van der Waals surface area contributed by atoms with Gasteiger partial charge in [0.15, 0.2) is 0 Å². The predicted molar refractivity (Wildman–Crippen MR) is 88.3 cm³/mol. The van der Waals surface area contributed by atoms with Gasteiger partial charge in [-0.15, -0.1) is 0 Å². The van der Waals surface area contributed by atoms with Crippen molar-refractivity contribution in [2.45, 2.75) is 37.7 Å². The van der Waals surface area contributed by atoms with E-state index in [1.165, 1.54) is 11.4 Å². The Hall–Kier alpha value is -1.44. The molecule has 1 amide bonds.